The van der Waals surface area contributed by atoms with Gasteiger partial charge in [0, 0.05) is 12.0 Å². The molecule has 112 valence electrons. The highest BCUT2D eigenvalue weighted by Crippen LogP contribution is 2.21. The number of aryl methyl sites for hydroxylation is 2. The van der Waals surface area contributed by atoms with Crippen molar-refractivity contribution in [1.82, 2.24) is 0 Å². The van der Waals surface area contributed by atoms with Crippen LogP contribution in [0.5, 0.6) is 5.75 Å². The first kappa shape index (κ1) is 14.4. The maximum absolute atomic E-state index is 12.6. The molecule has 0 saturated carbocycles. The third-order valence-corrected chi connectivity index (χ3v) is 3.89. The Bertz CT molecular complexity index is 848. The summed E-state index contributed by atoms with van der Waals surface area (Å²) in [5.41, 5.74) is 2.41. The Balaban J connectivity index is 2.01. The Morgan fingerprint density at radius 1 is 1.05 bits per heavy atom. The smallest absolute Gasteiger partial charge is 0.196 e. The van der Waals surface area contributed by atoms with Gasteiger partial charge in [-0.3, -0.25) is 4.79 Å². The number of phenolic OH excluding ortho intramolecular Hbond substituents is 1. The van der Waals surface area contributed by atoms with Crippen molar-refractivity contribution in [3.05, 3.63) is 75.6 Å². The third-order valence-electron chi connectivity index (χ3n) is 3.89. The van der Waals surface area contributed by atoms with Crippen LogP contribution in [-0.2, 0) is 19.3 Å². The van der Waals surface area contributed by atoms with Crippen LogP contribution in [-0.4, -0.2) is 5.11 Å². The molecule has 1 aromatic heterocycles. The van der Waals surface area contributed by atoms with Crippen LogP contribution in [0.2, 0.25) is 0 Å². The minimum Gasteiger partial charge on any atom is -0.508 e. The third kappa shape index (κ3) is 2.75. The average Bonchev–Trinajstić information content (AvgIpc) is 2.55. The molecule has 0 fully saturated rings. The Kier molecular flexibility index (Phi) is 3.96. The minimum absolute atomic E-state index is 0.0392. The van der Waals surface area contributed by atoms with E-state index < -0.39 is 0 Å². The fraction of sp³-hybridized carbons (Fsp3) is 0.211. The summed E-state index contributed by atoms with van der Waals surface area (Å²) in [6.07, 6.45) is 2.15. The molecule has 0 unspecified atom stereocenters. The molecule has 0 aliphatic rings. The number of hydrogen-bond acceptors (Lipinski definition) is 3. The van der Waals surface area contributed by atoms with E-state index >= 15 is 0 Å². The van der Waals surface area contributed by atoms with Crippen molar-refractivity contribution in [2.75, 3.05) is 0 Å². The predicted molar refractivity (Wildman–Crippen MR) is 87.4 cm³/mol. The van der Waals surface area contributed by atoms with E-state index in [1.165, 1.54) is 17.7 Å². The molecule has 0 saturated heterocycles. The van der Waals surface area contributed by atoms with Crippen LogP contribution in [0.15, 0.2) is 57.7 Å². The van der Waals surface area contributed by atoms with Crippen LogP contribution in [0.4, 0.5) is 0 Å². The van der Waals surface area contributed by atoms with Crippen molar-refractivity contribution in [3.8, 4) is 5.75 Å². The molecule has 0 aliphatic carbocycles. The predicted octanol–water partition coefficient (Wildman–Crippen LogP) is 3.85. The summed E-state index contributed by atoms with van der Waals surface area (Å²) in [4.78, 5) is 12.6. The lowest BCUT2D eigenvalue weighted by molar-refractivity contribution is 0.474. The number of phenols is 1. The zero-order chi connectivity index (χ0) is 15.5. The molecule has 3 aromatic rings. The van der Waals surface area contributed by atoms with Gasteiger partial charge in [0.05, 0.1) is 5.39 Å². The van der Waals surface area contributed by atoms with Crippen LogP contribution in [0.1, 0.15) is 23.8 Å². The van der Waals surface area contributed by atoms with Crippen molar-refractivity contribution < 1.29 is 9.52 Å². The first-order chi connectivity index (χ1) is 10.7. The molecular formula is C19H18O3. The van der Waals surface area contributed by atoms with Crippen LogP contribution in [0.25, 0.3) is 11.0 Å². The normalized spacial score (nSPS) is 11.0. The van der Waals surface area contributed by atoms with E-state index in [-0.39, 0.29) is 11.2 Å². The van der Waals surface area contributed by atoms with Gasteiger partial charge >= 0.3 is 0 Å². The molecule has 3 heteroatoms. The van der Waals surface area contributed by atoms with Crippen molar-refractivity contribution >= 4 is 11.0 Å². The van der Waals surface area contributed by atoms with Gasteiger partial charge in [-0.2, -0.15) is 0 Å². The molecule has 1 N–H and O–H groups in total. The second-order valence-corrected chi connectivity index (χ2v) is 5.35. The topological polar surface area (TPSA) is 50.4 Å². The molecular weight excluding hydrogens is 276 g/mol. The highest BCUT2D eigenvalue weighted by Gasteiger charge is 2.13. The number of rotatable bonds is 4. The lowest BCUT2D eigenvalue weighted by Gasteiger charge is -2.09. The Morgan fingerprint density at radius 3 is 2.55 bits per heavy atom. The summed E-state index contributed by atoms with van der Waals surface area (Å²) in [6.45, 7) is 1.95. The van der Waals surface area contributed by atoms with Crippen molar-refractivity contribution in [2.45, 2.75) is 26.2 Å². The van der Waals surface area contributed by atoms with Crippen molar-refractivity contribution in [2.24, 2.45) is 0 Å². The average molecular weight is 294 g/mol. The van der Waals surface area contributed by atoms with Crippen molar-refractivity contribution in [1.29, 1.82) is 0 Å². The van der Waals surface area contributed by atoms with Gasteiger partial charge in [-0.25, -0.2) is 0 Å². The summed E-state index contributed by atoms with van der Waals surface area (Å²) >= 11 is 0. The first-order valence-electron chi connectivity index (χ1n) is 7.50. The fourth-order valence-electron chi connectivity index (χ4n) is 2.73. The highest BCUT2D eigenvalue weighted by molar-refractivity contribution is 5.78. The molecule has 2 aromatic carbocycles. The summed E-state index contributed by atoms with van der Waals surface area (Å²) in [5.74, 6) is 0.827. The molecule has 0 aliphatic heterocycles. The standard InChI is InChI=1S/C19H18O3/c1-2-15-17(10-8-13-6-4-3-5-7-13)22-18-11-9-14(20)12-16(18)19(15)21/h3-7,9,11-12,20H,2,8,10H2,1H3. The summed E-state index contributed by atoms with van der Waals surface area (Å²) in [6, 6.07) is 14.8. The largest absolute Gasteiger partial charge is 0.508 e. The molecule has 0 spiro atoms. The number of aromatic hydroxyl groups is 1. The Labute approximate surface area is 128 Å². The van der Waals surface area contributed by atoms with Gasteiger partial charge in [0.1, 0.15) is 17.1 Å². The molecule has 1 heterocycles. The monoisotopic (exact) mass is 294 g/mol. The number of hydrogen-bond donors (Lipinski definition) is 1. The van der Waals surface area contributed by atoms with E-state index in [0.717, 1.165) is 12.2 Å². The van der Waals surface area contributed by atoms with E-state index in [2.05, 4.69) is 12.1 Å². The Morgan fingerprint density at radius 2 is 1.82 bits per heavy atom. The van der Waals surface area contributed by atoms with Crippen LogP contribution in [0, 0.1) is 0 Å². The molecule has 3 nitrogen and oxygen atoms in total. The summed E-state index contributed by atoms with van der Waals surface area (Å²) < 4.78 is 5.93. The molecule has 22 heavy (non-hydrogen) atoms. The lowest BCUT2D eigenvalue weighted by atomic mass is 10.0. The molecule has 0 radical (unpaired) electrons. The minimum atomic E-state index is -0.0392. The maximum Gasteiger partial charge on any atom is 0.196 e. The van der Waals surface area contributed by atoms with E-state index in [1.54, 1.807) is 6.07 Å². The second-order valence-electron chi connectivity index (χ2n) is 5.35. The Hall–Kier alpha value is -2.55. The van der Waals surface area contributed by atoms with E-state index in [9.17, 15) is 9.90 Å². The fourth-order valence-corrected chi connectivity index (χ4v) is 2.73. The lowest BCUT2D eigenvalue weighted by Crippen LogP contribution is -2.12. The van der Waals surface area contributed by atoms with E-state index in [1.807, 2.05) is 25.1 Å². The molecule has 0 atom stereocenters. The van der Waals surface area contributed by atoms with Crippen LogP contribution < -0.4 is 5.43 Å². The SMILES string of the molecule is CCc1c(CCc2ccccc2)oc2ccc(O)cc2c1=O. The second kappa shape index (κ2) is 6.06. The maximum atomic E-state index is 12.6. The zero-order valence-electron chi connectivity index (χ0n) is 12.5. The van der Waals surface area contributed by atoms with E-state index in [4.69, 9.17) is 4.42 Å². The first-order valence-corrected chi connectivity index (χ1v) is 7.50. The quantitative estimate of drug-likeness (QED) is 0.795. The summed E-state index contributed by atoms with van der Waals surface area (Å²) in [7, 11) is 0. The molecule has 0 amide bonds. The van der Waals surface area contributed by atoms with Crippen molar-refractivity contribution in [3.63, 3.8) is 0 Å². The van der Waals surface area contributed by atoms with Crippen LogP contribution >= 0.6 is 0 Å². The number of benzene rings is 2. The van der Waals surface area contributed by atoms with Gasteiger partial charge in [-0.05, 0) is 36.6 Å². The van der Waals surface area contributed by atoms with Gasteiger partial charge in [0.25, 0.3) is 0 Å². The van der Waals surface area contributed by atoms with Gasteiger partial charge in [0.15, 0.2) is 5.43 Å². The highest BCUT2D eigenvalue weighted by atomic mass is 16.3. The number of fused-ring (bicyclic) bond motifs is 1. The van der Waals surface area contributed by atoms with Gasteiger partial charge < -0.3 is 9.52 Å². The molecule has 3 rings (SSSR count). The van der Waals surface area contributed by atoms with Gasteiger partial charge in [-0.15, -0.1) is 0 Å². The van der Waals surface area contributed by atoms with Crippen LogP contribution in [0.3, 0.4) is 0 Å². The van der Waals surface area contributed by atoms with Gasteiger partial charge in [0.2, 0.25) is 0 Å². The van der Waals surface area contributed by atoms with E-state index in [0.29, 0.717) is 29.4 Å². The van der Waals surface area contributed by atoms with Gasteiger partial charge in [-0.1, -0.05) is 37.3 Å². The summed E-state index contributed by atoms with van der Waals surface area (Å²) in [5, 5.41) is 10.0. The molecule has 0 bridgehead atoms. The zero-order valence-corrected chi connectivity index (χ0v) is 12.5.